The van der Waals surface area contributed by atoms with E-state index in [0.29, 0.717) is 28.6 Å². The van der Waals surface area contributed by atoms with Gasteiger partial charge in [-0.05, 0) is 37.0 Å². The Kier molecular flexibility index (Phi) is 5.48. The Morgan fingerprint density at radius 2 is 1.91 bits per heavy atom. The fourth-order valence-electron chi connectivity index (χ4n) is 2.84. The molecule has 0 aromatic heterocycles. The van der Waals surface area contributed by atoms with Crippen LogP contribution >= 0.6 is 23.2 Å². The first-order valence-corrected chi connectivity index (χ1v) is 7.84. The average molecular weight is 342 g/mol. The highest BCUT2D eigenvalue weighted by atomic mass is 35.5. The highest BCUT2D eigenvalue weighted by Gasteiger charge is 2.39. The lowest BCUT2D eigenvalue weighted by Crippen LogP contribution is -2.39. The van der Waals surface area contributed by atoms with Gasteiger partial charge in [-0.25, -0.2) is 0 Å². The molecule has 2 rings (SSSR count). The molecule has 4 nitrogen and oxygen atoms in total. The Morgan fingerprint density at radius 3 is 2.45 bits per heavy atom. The summed E-state index contributed by atoms with van der Waals surface area (Å²) in [6.45, 7) is 1.94. The summed E-state index contributed by atoms with van der Waals surface area (Å²) in [6.07, 6.45) is 4.83. The molecule has 1 amide bonds. The van der Waals surface area contributed by atoms with Crippen LogP contribution in [0.15, 0.2) is 30.4 Å². The van der Waals surface area contributed by atoms with Crippen LogP contribution in [0.5, 0.6) is 0 Å². The summed E-state index contributed by atoms with van der Waals surface area (Å²) in [5, 5.41) is 12.9. The second-order valence-corrected chi connectivity index (χ2v) is 6.23. The number of aliphatic carboxylic acids is 1. The van der Waals surface area contributed by atoms with E-state index in [4.69, 9.17) is 23.2 Å². The molecule has 1 aromatic rings. The van der Waals surface area contributed by atoms with Gasteiger partial charge < -0.3 is 10.4 Å². The van der Waals surface area contributed by atoms with Gasteiger partial charge in [-0.15, -0.1) is 0 Å². The highest BCUT2D eigenvalue weighted by Crippen LogP contribution is 2.34. The third kappa shape index (κ3) is 3.81. The molecule has 0 fully saturated rings. The Bertz CT molecular complexity index is 595. The largest absolute Gasteiger partial charge is 0.481 e. The lowest BCUT2D eigenvalue weighted by molar-refractivity contribution is -0.147. The van der Waals surface area contributed by atoms with Gasteiger partial charge in [0.1, 0.15) is 0 Å². The summed E-state index contributed by atoms with van der Waals surface area (Å²) in [6, 6.07) is 4.73. The zero-order chi connectivity index (χ0) is 16.3. The van der Waals surface area contributed by atoms with Gasteiger partial charge in [0.05, 0.1) is 11.8 Å². The van der Waals surface area contributed by atoms with Crippen LogP contribution in [-0.4, -0.2) is 17.0 Å². The third-order valence-corrected chi connectivity index (χ3v) is 4.33. The zero-order valence-electron chi connectivity index (χ0n) is 12.1. The number of carbonyl (C=O) groups is 2. The lowest BCUT2D eigenvalue weighted by atomic mass is 9.74. The molecule has 0 heterocycles. The first-order valence-electron chi connectivity index (χ1n) is 7.08. The molecule has 1 aliphatic carbocycles. The van der Waals surface area contributed by atoms with Crippen LogP contribution in [0.1, 0.15) is 19.8 Å². The minimum atomic E-state index is -0.952. The minimum absolute atomic E-state index is 0.0930. The van der Waals surface area contributed by atoms with Crippen LogP contribution in [0, 0.1) is 17.8 Å². The maximum Gasteiger partial charge on any atom is 0.307 e. The summed E-state index contributed by atoms with van der Waals surface area (Å²) in [5.74, 6) is -2.69. The van der Waals surface area contributed by atoms with E-state index in [-0.39, 0.29) is 11.8 Å². The molecule has 2 N–H and O–H groups in total. The maximum absolute atomic E-state index is 12.6. The Morgan fingerprint density at radius 1 is 1.27 bits per heavy atom. The number of anilines is 1. The Hall–Kier alpha value is -1.52. The topological polar surface area (TPSA) is 66.4 Å². The molecule has 22 heavy (non-hydrogen) atoms. The van der Waals surface area contributed by atoms with Crippen LogP contribution in [0.25, 0.3) is 0 Å². The molecule has 1 aliphatic rings. The highest BCUT2D eigenvalue weighted by molar-refractivity contribution is 6.35. The van der Waals surface area contributed by atoms with Crippen molar-refractivity contribution < 1.29 is 14.7 Å². The summed E-state index contributed by atoms with van der Waals surface area (Å²) < 4.78 is 0. The molecule has 0 bridgehead atoms. The van der Waals surface area contributed by atoms with Crippen molar-refractivity contribution in [3.63, 3.8) is 0 Å². The molecular formula is C16H17Cl2NO3. The second-order valence-electron chi connectivity index (χ2n) is 5.35. The number of amides is 1. The molecule has 0 radical (unpaired) electrons. The number of hydrogen-bond donors (Lipinski definition) is 2. The van der Waals surface area contributed by atoms with Crippen molar-refractivity contribution in [3.8, 4) is 0 Å². The van der Waals surface area contributed by atoms with Crippen molar-refractivity contribution in [1.29, 1.82) is 0 Å². The van der Waals surface area contributed by atoms with Crippen molar-refractivity contribution >= 4 is 40.8 Å². The number of nitrogens with one attached hydrogen (secondary N) is 1. The first kappa shape index (κ1) is 16.8. The number of benzene rings is 1. The van der Waals surface area contributed by atoms with Gasteiger partial charge in [-0.1, -0.05) is 42.3 Å². The molecule has 0 aliphatic heterocycles. The minimum Gasteiger partial charge on any atom is -0.481 e. The summed E-state index contributed by atoms with van der Waals surface area (Å²) >= 11 is 11.8. The van der Waals surface area contributed by atoms with Crippen LogP contribution in [-0.2, 0) is 9.59 Å². The Labute approximate surface area is 139 Å². The van der Waals surface area contributed by atoms with Crippen molar-refractivity contribution in [2.75, 3.05) is 5.32 Å². The molecule has 0 spiro atoms. The predicted octanol–water partition coefficient (Wildman–Crippen LogP) is 4.24. The van der Waals surface area contributed by atoms with Crippen molar-refractivity contribution in [2.45, 2.75) is 19.8 Å². The van der Waals surface area contributed by atoms with E-state index in [2.05, 4.69) is 5.32 Å². The smallest absolute Gasteiger partial charge is 0.307 e. The average Bonchev–Trinajstić information content (AvgIpc) is 2.45. The van der Waals surface area contributed by atoms with Gasteiger partial charge in [-0.3, -0.25) is 9.59 Å². The lowest BCUT2D eigenvalue weighted by Gasteiger charge is -2.31. The van der Waals surface area contributed by atoms with E-state index in [9.17, 15) is 14.7 Å². The number of carboxylic acids is 1. The Balaban J connectivity index is 2.24. The van der Waals surface area contributed by atoms with Crippen LogP contribution in [0.3, 0.4) is 0 Å². The van der Waals surface area contributed by atoms with Gasteiger partial charge in [-0.2, -0.15) is 0 Å². The van der Waals surface area contributed by atoms with Gasteiger partial charge in [0, 0.05) is 15.7 Å². The number of hydrogen-bond acceptors (Lipinski definition) is 2. The van der Waals surface area contributed by atoms with E-state index in [1.165, 1.54) is 0 Å². The first-order chi connectivity index (χ1) is 10.4. The van der Waals surface area contributed by atoms with Crippen LogP contribution in [0.2, 0.25) is 10.0 Å². The molecule has 0 saturated heterocycles. The van der Waals surface area contributed by atoms with E-state index in [1.54, 1.807) is 18.2 Å². The monoisotopic (exact) mass is 341 g/mol. The van der Waals surface area contributed by atoms with E-state index >= 15 is 0 Å². The molecule has 118 valence electrons. The quantitative estimate of drug-likeness (QED) is 0.805. The molecular weight excluding hydrogens is 325 g/mol. The van der Waals surface area contributed by atoms with Gasteiger partial charge in [0.25, 0.3) is 0 Å². The van der Waals surface area contributed by atoms with E-state index in [0.717, 1.165) is 0 Å². The molecule has 6 heteroatoms. The van der Waals surface area contributed by atoms with Crippen molar-refractivity contribution in [2.24, 2.45) is 17.8 Å². The van der Waals surface area contributed by atoms with Gasteiger partial charge in [0.2, 0.25) is 5.91 Å². The van der Waals surface area contributed by atoms with Gasteiger partial charge in [0.15, 0.2) is 0 Å². The van der Waals surface area contributed by atoms with Crippen LogP contribution < -0.4 is 5.32 Å². The SMILES string of the molecule is CCC1C=CCC(C(=O)O)C1C(=O)Nc1cc(Cl)cc(Cl)c1. The third-order valence-electron chi connectivity index (χ3n) is 3.89. The fourth-order valence-corrected chi connectivity index (χ4v) is 3.36. The van der Waals surface area contributed by atoms with E-state index in [1.807, 2.05) is 19.1 Å². The summed E-state index contributed by atoms with van der Waals surface area (Å²) in [7, 11) is 0. The number of rotatable bonds is 4. The van der Waals surface area contributed by atoms with E-state index < -0.39 is 17.8 Å². The normalized spacial score (nSPS) is 24.0. The van der Waals surface area contributed by atoms with Crippen LogP contribution in [0.4, 0.5) is 5.69 Å². The number of allylic oxidation sites excluding steroid dienone is 2. The maximum atomic E-state index is 12.6. The molecule has 3 unspecified atom stereocenters. The molecule has 1 aromatic carbocycles. The number of carboxylic acid groups (broad SMARTS) is 1. The number of carbonyl (C=O) groups excluding carboxylic acids is 1. The second kappa shape index (κ2) is 7.16. The summed E-state index contributed by atoms with van der Waals surface area (Å²) in [5.41, 5.74) is 0.469. The fraction of sp³-hybridized carbons (Fsp3) is 0.375. The van der Waals surface area contributed by atoms with Crippen molar-refractivity contribution in [1.82, 2.24) is 0 Å². The molecule has 0 saturated carbocycles. The predicted molar refractivity (Wildman–Crippen MR) is 87.2 cm³/mol. The number of halogens is 2. The zero-order valence-corrected chi connectivity index (χ0v) is 13.6. The van der Waals surface area contributed by atoms with Gasteiger partial charge >= 0.3 is 5.97 Å². The molecule has 3 atom stereocenters. The standard InChI is InChI=1S/C16H17Cl2NO3/c1-2-9-4-3-5-13(16(21)22)14(9)15(20)19-12-7-10(17)6-11(18)8-12/h3-4,6-9,13-14H,2,5H2,1H3,(H,19,20)(H,21,22). The summed E-state index contributed by atoms with van der Waals surface area (Å²) in [4.78, 5) is 24.0. The van der Waals surface area contributed by atoms with Crippen molar-refractivity contribution in [3.05, 3.63) is 40.4 Å².